The lowest BCUT2D eigenvalue weighted by atomic mass is 10.1. The predicted octanol–water partition coefficient (Wildman–Crippen LogP) is 2.66. The highest BCUT2D eigenvalue weighted by Gasteiger charge is 2.38. The lowest BCUT2D eigenvalue weighted by Crippen LogP contribution is -2.51. The molecule has 0 unspecified atom stereocenters. The van der Waals surface area contributed by atoms with Crippen molar-refractivity contribution in [1.29, 1.82) is 0 Å². The fourth-order valence-electron chi connectivity index (χ4n) is 3.59. The third-order valence-corrected chi connectivity index (χ3v) is 4.71. The molecule has 2 atom stereocenters. The number of hydrogen-bond acceptors (Lipinski definition) is 4. The molecule has 120 valence electrons. The summed E-state index contributed by atoms with van der Waals surface area (Å²) in [4.78, 5) is 19.1. The molecule has 2 heterocycles. The first kappa shape index (κ1) is 14.5. The Hall–Kier alpha value is -2.14. The van der Waals surface area contributed by atoms with Crippen LogP contribution in [0, 0.1) is 0 Å². The molecule has 4 rings (SSSR count). The highest BCUT2D eigenvalue weighted by Crippen LogP contribution is 2.30. The Bertz CT molecular complexity index is 683. The minimum atomic E-state index is 0.123. The number of aromatic nitrogens is 1. The number of oxazole rings is 1. The van der Waals surface area contributed by atoms with Crippen molar-refractivity contribution in [3.8, 4) is 11.5 Å². The second-order valence-corrected chi connectivity index (χ2v) is 6.18. The first-order chi connectivity index (χ1) is 11.3. The molecule has 0 spiro atoms. The Morgan fingerprint density at radius 3 is 3.00 bits per heavy atom. The summed E-state index contributed by atoms with van der Waals surface area (Å²) in [7, 11) is 0. The van der Waals surface area contributed by atoms with Gasteiger partial charge in [-0.25, -0.2) is 4.98 Å². The molecule has 1 saturated heterocycles. The van der Waals surface area contributed by atoms with Crippen LogP contribution in [0.5, 0.6) is 0 Å². The van der Waals surface area contributed by atoms with E-state index in [1.165, 1.54) is 0 Å². The molecule has 5 nitrogen and oxygen atoms in total. The number of fused-ring (bicyclic) bond motifs is 1. The lowest BCUT2D eigenvalue weighted by Gasteiger charge is -2.37. The number of benzene rings is 1. The van der Waals surface area contributed by atoms with Gasteiger partial charge in [0.2, 0.25) is 11.8 Å². The maximum atomic E-state index is 12.6. The average molecular weight is 312 g/mol. The molecule has 1 saturated carbocycles. The van der Waals surface area contributed by atoms with Gasteiger partial charge in [0.15, 0.2) is 0 Å². The van der Waals surface area contributed by atoms with Crippen LogP contribution in [-0.4, -0.2) is 41.1 Å². The predicted molar refractivity (Wildman–Crippen MR) is 84.7 cm³/mol. The zero-order valence-electron chi connectivity index (χ0n) is 13.0. The second-order valence-electron chi connectivity index (χ2n) is 6.18. The van der Waals surface area contributed by atoms with Gasteiger partial charge >= 0.3 is 0 Å². The van der Waals surface area contributed by atoms with Crippen LogP contribution in [0.25, 0.3) is 11.5 Å². The lowest BCUT2D eigenvalue weighted by molar-refractivity contribution is -0.143. The number of hydrogen-bond donors (Lipinski definition) is 0. The topological polar surface area (TPSA) is 55.6 Å². The smallest absolute Gasteiger partial charge is 0.229 e. The van der Waals surface area contributed by atoms with Crippen molar-refractivity contribution in [2.45, 2.75) is 37.8 Å². The van der Waals surface area contributed by atoms with E-state index in [-0.39, 0.29) is 18.1 Å². The van der Waals surface area contributed by atoms with E-state index >= 15 is 0 Å². The molecule has 0 bridgehead atoms. The van der Waals surface area contributed by atoms with E-state index in [0.717, 1.165) is 24.8 Å². The Kier molecular flexibility index (Phi) is 3.87. The van der Waals surface area contributed by atoms with Crippen LogP contribution in [0.3, 0.4) is 0 Å². The Morgan fingerprint density at radius 2 is 2.13 bits per heavy atom. The molecule has 1 aromatic carbocycles. The van der Waals surface area contributed by atoms with Crippen LogP contribution < -0.4 is 0 Å². The molecule has 1 aliphatic heterocycles. The van der Waals surface area contributed by atoms with E-state index in [2.05, 4.69) is 4.98 Å². The van der Waals surface area contributed by atoms with Gasteiger partial charge in [-0.15, -0.1) is 0 Å². The van der Waals surface area contributed by atoms with Gasteiger partial charge in [0.25, 0.3) is 0 Å². The maximum absolute atomic E-state index is 12.6. The van der Waals surface area contributed by atoms with Crippen molar-refractivity contribution in [2.24, 2.45) is 0 Å². The number of amides is 1. The van der Waals surface area contributed by atoms with E-state index in [9.17, 15) is 4.79 Å². The van der Waals surface area contributed by atoms with Gasteiger partial charge < -0.3 is 14.1 Å². The minimum Gasteiger partial charge on any atom is -0.444 e. The Morgan fingerprint density at radius 1 is 1.26 bits per heavy atom. The van der Waals surface area contributed by atoms with Gasteiger partial charge in [-0.05, 0) is 31.4 Å². The zero-order chi connectivity index (χ0) is 15.6. The number of nitrogens with zero attached hydrogens (tertiary/aromatic N) is 2. The fraction of sp³-hybridized carbons (Fsp3) is 0.444. The van der Waals surface area contributed by atoms with Gasteiger partial charge in [0, 0.05) is 12.1 Å². The molecule has 0 radical (unpaired) electrons. The largest absolute Gasteiger partial charge is 0.444 e. The molecule has 1 amide bonds. The van der Waals surface area contributed by atoms with Gasteiger partial charge in [-0.3, -0.25) is 4.79 Å². The average Bonchev–Trinajstić information content (AvgIpc) is 3.24. The highest BCUT2D eigenvalue weighted by molar-refractivity contribution is 5.79. The van der Waals surface area contributed by atoms with Crippen LogP contribution in [-0.2, 0) is 16.0 Å². The van der Waals surface area contributed by atoms with Gasteiger partial charge in [0.1, 0.15) is 6.26 Å². The maximum Gasteiger partial charge on any atom is 0.229 e. The molecule has 1 aromatic heterocycles. The summed E-state index contributed by atoms with van der Waals surface area (Å²) in [6.45, 7) is 1.32. The number of morpholine rings is 1. The van der Waals surface area contributed by atoms with Crippen LogP contribution in [0.15, 0.2) is 41.0 Å². The third kappa shape index (κ3) is 2.88. The van der Waals surface area contributed by atoms with Crippen LogP contribution in [0.4, 0.5) is 0 Å². The quantitative estimate of drug-likeness (QED) is 0.874. The van der Waals surface area contributed by atoms with E-state index < -0.39 is 0 Å². The van der Waals surface area contributed by atoms with Crippen molar-refractivity contribution >= 4 is 5.91 Å². The van der Waals surface area contributed by atoms with E-state index in [0.29, 0.717) is 31.2 Å². The van der Waals surface area contributed by atoms with Gasteiger partial charge in [0.05, 0.1) is 30.9 Å². The summed E-state index contributed by atoms with van der Waals surface area (Å²) in [5.41, 5.74) is 1.61. The number of ether oxygens (including phenoxy) is 1. The molecule has 2 aromatic rings. The molecule has 5 heteroatoms. The molecular formula is C18H20N2O3. The second kappa shape index (κ2) is 6.16. The summed E-state index contributed by atoms with van der Waals surface area (Å²) >= 11 is 0. The monoisotopic (exact) mass is 312 g/mol. The summed E-state index contributed by atoms with van der Waals surface area (Å²) in [6, 6.07) is 9.98. The molecule has 2 aliphatic rings. The van der Waals surface area contributed by atoms with Crippen molar-refractivity contribution in [2.75, 3.05) is 13.2 Å². The Labute approximate surface area is 135 Å². The normalized spacial score (nSPS) is 23.7. The fourth-order valence-corrected chi connectivity index (χ4v) is 3.59. The number of carbonyl (C=O) groups is 1. The third-order valence-electron chi connectivity index (χ3n) is 4.71. The van der Waals surface area contributed by atoms with E-state index in [4.69, 9.17) is 9.15 Å². The molecular weight excluding hydrogens is 292 g/mol. The molecule has 23 heavy (non-hydrogen) atoms. The van der Waals surface area contributed by atoms with E-state index in [1.807, 2.05) is 35.2 Å². The van der Waals surface area contributed by atoms with Crippen molar-refractivity contribution in [3.05, 3.63) is 42.3 Å². The standard InChI is InChI=1S/C18H20N2O3/c21-17(20-9-10-22-16-8-4-7-15(16)20)11-14-12-23-18(19-14)13-5-2-1-3-6-13/h1-3,5-6,12,15-16H,4,7-11H2/t15-,16-/m1/s1. The van der Waals surface area contributed by atoms with Crippen LogP contribution in [0.2, 0.25) is 0 Å². The summed E-state index contributed by atoms with van der Waals surface area (Å²) < 4.78 is 11.3. The molecule has 1 aliphatic carbocycles. The summed E-state index contributed by atoms with van der Waals surface area (Å²) in [5, 5.41) is 0. The van der Waals surface area contributed by atoms with E-state index in [1.54, 1.807) is 6.26 Å². The minimum absolute atomic E-state index is 0.123. The van der Waals surface area contributed by atoms with Gasteiger partial charge in [-0.2, -0.15) is 0 Å². The molecule has 2 fully saturated rings. The first-order valence-corrected chi connectivity index (χ1v) is 8.22. The highest BCUT2D eigenvalue weighted by atomic mass is 16.5. The number of carbonyl (C=O) groups excluding carboxylic acids is 1. The summed E-state index contributed by atoms with van der Waals surface area (Å²) in [5.74, 6) is 0.687. The summed E-state index contributed by atoms with van der Waals surface area (Å²) in [6.07, 6.45) is 5.36. The van der Waals surface area contributed by atoms with Crippen LogP contribution >= 0.6 is 0 Å². The van der Waals surface area contributed by atoms with Crippen molar-refractivity contribution in [1.82, 2.24) is 9.88 Å². The van der Waals surface area contributed by atoms with Crippen LogP contribution in [0.1, 0.15) is 25.0 Å². The van der Waals surface area contributed by atoms with Gasteiger partial charge in [-0.1, -0.05) is 18.2 Å². The Balaban J connectivity index is 1.46. The first-order valence-electron chi connectivity index (χ1n) is 8.22. The SMILES string of the molecule is O=C(Cc1coc(-c2ccccc2)n1)N1CCO[C@@H]2CCC[C@H]21. The zero-order valence-corrected chi connectivity index (χ0v) is 13.0. The molecule has 0 N–H and O–H groups in total. The number of rotatable bonds is 3. The van der Waals surface area contributed by atoms with Crippen molar-refractivity contribution in [3.63, 3.8) is 0 Å². The van der Waals surface area contributed by atoms with Crippen molar-refractivity contribution < 1.29 is 13.9 Å².